The first-order chi connectivity index (χ1) is 8.99. The number of cyclic esters (lactones) is 1. The van der Waals surface area contributed by atoms with Crippen molar-refractivity contribution < 1.29 is 19.1 Å². The SMILES string of the molecule is O=C(COc1cc(Cl)c(Cl)cc1Cl)N1CCOC1=O. The van der Waals surface area contributed by atoms with Gasteiger partial charge in [0.25, 0.3) is 5.91 Å². The summed E-state index contributed by atoms with van der Waals surface area (Å²) in [4.78, 5) is 23.8. The summed E-state index contributed by atoms with van der Waals surface area (Å²) in [7, 11) is 0. The van der Waals surface area contributed by atoms with Crippen molar-refractivity contribution in [2.45, 2.75) is 0 Å². The largest absolute Gasteiger partial charge is 0.482 e. The molecule has 0 spiro atoms. The van der Waals surface area contributed by atoms with E-state index in [1.807, 2.05) is 0 Å². The maximum absolute atomic E-state index is 11.7. The number of rotatable bonds is 3. The van der Waals surface area contributed by atoms with Gasteiger partial charge in [-0.1, -0.05) is 34.8 Å². The average molecular weight is 325 g/mol. The normalized spacial score (nSPS) is 14.5. The van der Waals surface area contributed by atoms with Crippen molar-refractivity contribution in [3.8, 4) is 5.75 Å². The molecule has 0 radical (unpaired) electrons. The Balaban J connectivity index is 2.01. The second kappa shape index (κ2) is 5.86. The van der Waals surface area contributed by atoms with Crippen LogP contribution in [0.15, 0.2) is 12.1 Å². The Bertz CT molecular complexity index is 535. The fourth-order valence-electron chi connectivity index (χ4n) is 1.45. The Morgan fingerprint density at radius 3 is 2.58 bits per heavy atom. The van der Waals surface area contributed by atoms with Crippen molar-refractivity contribution in [3.63, 3.8) is 0 Å². The third-order valence-corrected chi connectivity index (χ3v) is 3.41. The standard InChI is InChI=1S/C11H8Cl3NO4/c12-6-3-8(14)9(4-7(6)13)19-5-10(16)15-1-2-18-11(15)17/h3-4H,1-2,5H2. The van der Waals surface area contributed by atoms with E-state index in [1.54, 1.807) is 0 Å². The molecule has 1 aliphatic heterocycles. The van der Waals surface area contributed by atoms with E-state index in [0.29, 0.717) is 0 Å². The van der Waals surface area contributed by atoms with Crippen molar-refractivity contribution in [2.75, 3.05) is 19.8 Å². The summed E-state index contributed by atoms with van der Waals surface area (Å²) in [5, 5.41) is 0.772. The molecule has 0 N–H and O–H groups in total. The van der Waals surface area contributed by atoms with Gasteiger partial charge < -0.3 is 9.47 Å². The van der Waals surface area contributed by atoms with E-state index in [0.717, 1.165) is 4.90 Å². The molecule has 0 saturated carbocycles. The molecule has 2 rings (SSSR count). The zero-order valence-electron chi connectivity index (χ0n) is 9.49. The van der Waals surface area contributed by atoms with Gasteiger partial charge in [-0.3, -0.25) is 4.79 Å². The van der Waals surface area contributed by atoms with E-state index >= 15 is 0 Å². The summed E-state index contributed by atoms with van der Waals surface area (Å²) in [6.45, 7) is 0.0705. The van der Waals surface area contributed by atoms with Gasteiger partial charge in [-0.15, -0.1) is 0 Å². The van der Waals surface area contributed by atoms with Crippen LogP contribution in [0.25, 0.3) is 0 Å². The molecule has 1 heterocycles. The van der Waals surface area contributed by atoms with Crippen LogP contribution in [-0.2, 0) is 9.53 Å². The van der Waals surface area contributed by atoms with Crippen LogP contribution in [0.2, 0.25) is 15.1 Å². The molecular weight excluding hydrogens is 316 g/mol. The molecule has 1 saturated heterocycles. The summed E-state index contributed by atoms with van der Waals surface area (Å²) in [6.07, 6.45) is -0.672. The molecule has 8 heteroatoms. The van der Waals surface area contributed by atoms with Crippen LogP contribution in [0.3, 0.4) is 0 Å². The van der Waals surface area contributed by atoms with E-state index in [9.17, 15) is 9.59 Å². The van der Waals surface area contributed by atoms with Gasteiger partial charge in [0.1, 0.15) is 12.4 Å². The van der Waals surface area contributed by atoms with Crippen LogP contribution in [0, 0.1) is 0 Å². The summed E-state index contributed by atoms with van der Waals surface area (Å²) < 4.78 is 9.86. The fourth-order valence-corrected chi connectivity index (χ4v) is 2.04. The monoisotopic (exact) mass is 323 g/mol. The van der Waals surface area contributed by atoms with Gasteiger partial charge in [-0.05, 0) is 6.07 Å². The third kappa shape index (κ3) is 3.23. The predicted octanol–water partition coefficient (Wildman–Crippen LogP) is 3.00. The fraction of sp³-hybridized carbons (Fsp3) is 0.273. The molecule has 1 aromatic carbocycles. The highest BCUT2D eigenvalue weighted by molar-refractivity contribution is 6.43. The first-order valence-electron chi connectivity index (χ1n) is 5.23. The smallest absolute Gasteiger partial charge is 0.416 e. The van der Waals surface area contributed by atoms with E-state index in [1.165, 1.54) is 12.1 Å². The first kappa shape index (κ1) is 14.2. The number of ether oxygens (including phenoxy) is 2. The Morgan fingerprint density at radius 2 is 1.95 bits per heavy atom. The number of benzene rings is 1. The van der Waals surface area contributed by atoms with Gasteiger partial charge >= 0.3 is 6.09 Å². The Labute approximate surface area is 123 Å². The minimum Gasteiger partial charge on any atom is -0.482 e. The number of nitrogens with zero attached hydrogens (tertiary/aromatic N) is 1. The molecule has 0 atom stereocenters. The van der Waals surface area contributed by atoms with Gasteiger partial charge in [0.15, 0.2) is 6.61 Å². The van der Waals surface area contributed by atoms with Crippen LogP contribution in [0.4, 0.5) is 4.79 Å². The zero-order valence-corrected chi connectivity index (χ0v) is 11.8. The lowest BCUT2D eigenvalue weighted by Crippen LogP contribution is -2.35. The first-order valence-corrected chi connectivity index (χ1v) is 6.37. The molecular formula is C11H8Cl3NO4. The van der Waals surface area contributed by atoms with Crippen molar-refractivity contribution in [2.24, 2.45) is 0 Å². The predicted molar refractivity (Wildman–Crippen MR) is 70.0 cm³/mol. The molecule has 2 amide bonds. The lowest BCUT2D eigenvalue weighted by atomic mass is 10.3. The minimum absolute atomic E-state index is 0.193. The van der Waals surface area contributed by atoms with Crippen LogP contribution in [-0.4, -0.2) is 36.7 Å². The van der Waals surface area contributed by atoms with Crippen molar-refractivity contribution in [1.82, 2.24) is 4.90 Å². The summed E-state index contributed by atoms with van der Waals surface area (Å²) >= 11 is 17.5. The molecule has 1 aromatic rings. The van der Waals surface area contributed by atoms with Crippen LogP contribution >= 0.6 is 34.8 Å². The molecule has 1 fully saturated rings. The highest BCUT2D eigenvalue weighted by Gasteiger charge is 2.28. The number of carbonyl (C=O) groups excluding carboxylic acids is 2. The molecule has 0 aromatic heterocycles. The number of imide groups is 1. The second-order valence-electron chi connectivity index (χ2n) is 3.65. The molecule has 19 heavy (non-hydrogen) atoms. The van der Waals surface area contributed by atoms with Gasteiger partial charge in [-0.25, -0.2) is 9.69 Å². The van der Waals surface area contributed by atoms with Crippen molar-refractivity contribution in [1.29, 1.82) is 0 Å². The molecule has 0 aliphatic carbocycles. The van der Waals surface area contributed by atoms with Gasteiger partial charge in [0.2, 0.25) is 0 Å². The van der Waals surface area contributed by atoms with Crippen LogP contribution < -0.4 is 4.74 Å². The van der Waals surface area contributed by atoms with Crippen LogP contribution in [0.5, 0.6) is 5.75 Å². The Kier molecular flexibility index (Phi) is 4.39. The van der Waals surface area contributed by atoms with Gasteiger partial charge in [0, 0.05) is 6.07 Å². The number of hydrogen-bond donors (Lipinski definition) is 0. The molecule has 0 bridgehead atoms. The molecule has 0 unspecified atom stereocenters. The second-order valence-corrected chi connectivity index (χ2v) is 4.87. The molecule has 5 nitrogen and oxygen atoms in total. The van der Waals surface area contributed by atoms with E-state index in [4.69, 9.17) is 39.5 Å². The topological polar surface area (TPSA) is 55.8 Å². The molecule has 1 aliphatic rings. The van der Waals surface area contributed by atoms with Crippen molar-refractivity contribution in [3.05, 3.63) is 27.2 Å². The van der Waals surface area contributed by atoms with Gasteiger partial charge in [0.05, 0.1) is 21.6 Å². The highest BCUT2D eigenvalue weighted by atomic mass is 35.5. The quantitative estimate of drug-likeness (QED) is 0.802. The number of halogens is 3. The lowest BCUT2D eigenvalue weighted by molar-refractivity contribution is -0.129. The average Bonchev–Trinajstić information content (AvgIpc) is 2.78. The summed E-state index contributed by atoms with van der Waals surface area (Å²) in [5.74, 6) is -0.290. The minimum atomic E-state index is -0.672. The lowest BCUT2D eigenvalue weighted by Gasteiger charge is -2.12. The maximum Gasteiger partial charge on any atom is 0.416 e. The third-order valence-electron chi connectivity index (χ3n) is 2.39. The van der Waals surface area contributed by atoms with Crippen LogP contribution in [0.1, 0.15) is 0 Å². The number of hydrogen-bond acceptors (Lipinski definition) is 4. The number of carbonyl (C=O) groups is 2. The van der Waals surface area contributed by atoms with E-state index in [-0.39, 0.29) is 40.6 Å². The highest BCUT2D eigenvalue weighted by Crippen LogP contribution is 2.33. The summed E-state index contributed by atoms with van der Waals surface area (Å²) in [5.41, 5.74) is 0. The van der Waals surface area contributed by atoms with Crippen molar-refractivity contribution >= 4 is 46.8 Å². The van der Waals surface area contributed by atoms with Gasteiger partial charge in [-0.2, -0.15) is 0 Å². The zero-order chi connectivity index (χ0) is 14.0. The van der Waals surface area contributed by atoms with E-state index < -0.39 is 12.0 Å². The Morgan fingerprint density at radius 1 is 1.26 bits per heavy atom. The summed E-state index contributed by atoms with van der Waals surface area (Å²) in [6, 6.07) is 2.82. The molecule has 102 valence electrons. The number of amides is 2. The van der Waals surface area contributed by atoms with E-state index in [2.05, 4.69) is 4.74 Å². The maximum atomic E-state index is 11.7. The Hall–Kier alpha value is -1.17.